The number of rotatable bonds is 4. The van der Waals surface area contributed by atoms with Gasteiger partial charge >= 0.3 is 5.97 Å². The van der Waals surface area contributed by atoms with Gasteiger partial charge in [-0.2, -0.15) is 0 Å². The predicted octanol–water partition coefficient (Wildman–Crippen LogP) is 3.23. The van der Waals surface area contributed by atoms with Gasteiger partial charge in [0.2, 0.25) is 0 Å². The number of carbonyl (C=O) groups is 1. The number of hydrogen-bond acceptors (Lipinski definition) is 1. The van der Waals surface area contributed by atoms with Crippen LogP contribution in [0.3, 0.4) is 0 Å². The first-order chi connectivity index (χ1) is 6.46. The zero-order valence-corrected chi connectivity index (χ0v) is 9.18. The van der Waals surface area contributed by atoms with Gasteiger partial charge in [-0.15, -0.1) is 6.58 Å². The van der Waals surface area contributed by atoms with Crippen LogP contribution in [0.1, 0.15) is 46.0 Å². The molecule has 1 fully saturated rings. The Morgan fingerprint density at radius 2 is 2.29 bits per heavy atom. The SMILES string of the molecule is C=C(C)CCC1(C(=O)O)CCC(C)C1. The number of allylic oxidation sites excluding steroid dienone is 1. The van der Waals surface area contributed by atoms with Crippen LogP contribution in [0.2, 0.25) is 0 Å². The largest absolute Gasteiger partial charge is 0.481 e. The molecule has 2 nitrogen and oxygen atoms in total. The maximum atomic E-state index is 11.3. The lowest BCUT2D eigenvalue weighted by molar-refractivity contribution is -0.149. The van der Waals surface area contributed by atoms with Crippen molar-refractivity contribution in [3.05, 3.63) is 12.2 Å². The van der Waals surface area contributed by atoms with Gasteiger partial charge in [0.05, 0.1) is 5.41 Å². The van der Waals surface area contributed by atoms with E-state index < -0.39 is 11.4 Å². The monoisotopic (exact) mass is 196 g/mol. The van der Waals surface area contributed by atoms with E-state index in [0.717, 1.165) is 37.7 Å². The summed E-state index contributed by atoms with van der Waals surface area (Å²) in [5, 5.41) is 9.26. The fourth-order valence-corrected chi connectivity index (χ4v) is 2.37. The molecular weight excluding hydrogens is 176 g/mol. The number of carboxylic acid groups (broad SMARTS) is 1. The van der Waals surface area contributed by atoms with E-state index in [0.29, 0.717) is 5.92 Å². The molecule has 0 aromatic carbocycles. The van der Waals surface area contributed by atoms with Gasteiger partial charge in [-0.1, -0.05) is 12.5 Å². The van der Waals surface area contributed by atoms with Gasteiger partial charge in [-0.25, -0.2) is 0 Å². The maximum Gasteiger partial charge on any atom is 0.309 e. The van der Waals surface area contributed by atoms with E-state index in [1.165, 1.54) is 0 Å². The number of aliphatic carboxylic acids is 1. The normalized spacial score (nSPS) is 31.7. The topological polar surface area (TPSA) is 37.3 Å². The van der Waals surface area contributed by atoms with E-state index in [4.69, 9.17) is 0 Å². The molecule has 0 aromatic rings. The van der Waals surface area contributed by atoms with Crippen molar-refractivity contribution in [3.63, 3.8) is 0 Å². The highest BCUT2D eigenvalue weighted by atomic mass is 16.4. The fourth-order valence-electron chi connectivity index (χ4n) is 2.37. The zero-order chi connectivity index (χ0) is 10.8. The Morgan fingerprint density at radius 3 is 2.64 bits per heavy atom. The van der Waals surface area contributed by atoms with Crippen molar-refractivity contribution < 1.29 is 9.90 Å². The zero-order valence-electron chi connectivity index (χ0n) is 9.18. The Balaban J connectivity index is 2.64. The summed E-state index contributed by atoms with van der Waals surface area (Å²) in [4.78, 5) is 11.3. The maximum absolute atomic E-state index is 11.3. The van der Waals surface area contributed by atoms with Crippen LogP contribution in [0.15, 0.2) is 12.2 Å². The minimum absolute atomic E-state index is 0.446. The van der Waals surface area contributed by atoms with Crippen molar-refractivity contribution >= 4 is 5.97 Å². The van der Waals surface area contributed by atoms with Crippen molar-refractivity contribution in [2.24, 2.45) is 11.3 Å². The molecule has 2 atom stereocenters. The van der Waals surface area contributed by atoms with Gasteiger partial charge < -0.3 is 5.11 Å². The first kappa shape index (κ1) is 11.3. The summed E-state index contributed by atoms with van der Waals surface area (Å²) >= 11 is 0. The van der Waals surface area contributed by atoms with E-state index >= 15 is 0 Å². The van der Waals surface area contributed by atoms with E-state index in [1.54, 1.807) is 0 Å². The highest BCUT2D eigenvalue weighted by Crippen LogP contribution is 2.45. The summed E-state index contributed by atoms with van der Waals surface area (Å²) < 4.78 is 0. The molecule has 80 valence electrons. The quantitative estimate of drug-likeness (QED) is 0.701. The highest BCUT2D eigenvalue weighted by Gasteiger charge is 2.43. The summed E-state index contributed by atoms with van der Waals surface area (Å²) in [6, 6.07) is 0. The van der Waals surface area contributed by atoms with Crippen molar-refractivity contribution in [1.82, 2.24) is 0 Å². The highest BCUT2D eigenvalue weighted by molar-refractivity contribution is 5.75. The first-order valence-electron chi connectivity index (χ1n) is 5.34. The molecule has 14 heavy (non-hydrogen) atoms. The molecule has 1 saturated carbocycles. The Labute approximate surface area is 86.0 Å². The Kier molecular flexibility index (Phi) is 3.35. The molecule has 0 bridgehead atoms. The standard InChI is InChI=1S/C12H20O2/c1-9(2)4-6-12(11(13)14)7-5-10(3)8-12/h10H,1,4-8H2,2-3H3,(H,13,14). The minimum atomic E-state index is -0.608. The molecule has 0 amide bonds. The average Bonchev–Trinajstić information content (AvgIpc) is 2.45. The third-order valence-electron chi connectivity index (χ3n) is 3.34. The van der Waals surface area contributed by atoms with Crippen LogP contribution >= 0.6 is 0 Å². The van der Waals surface area contributed by atoms with Crippen LogP contribution < -0.4 is 0 Å². The number of carboxylic acids is 1. The average molecular weight is 196 g/mol. The summed E-state index contributed by atoms with van der Waals surface area (Å²) in [6.07, 6.45) is 4.36. The third-order valence-corrected chi connectivity index (χ3v) is 3.34. The molecule has 0 spiro atoms. The molecule has 0 heterocycles. The van der Waals surface area contributed by atoms with Gasteiger partial charge in [0.1, 0.15) is 0 Å². The van der Waals surface area contributed by atoms with Gasteiger partial charge in [0.15, 0.2) is 0 Å². The van der Waals surface area contributed by atoms with Crippen LogP contribution in [0.5, 0.6) is 0 Å². The summed E-state index contributed by atoms with van der Waals surface area (Å²) in [6.45, 7) is 7.94. The molecule has 2 unspecified atom stereocenters. The summed E-state index contributed by atoms with van der Waals surface area (Å²) in [5.74, 6) is -0.0423. The van der Waals surface area contributed by atoms with Crippen LogP contribution in [-0.2, 0) is 4.79 Å². The van der Waals surface area contributed by atoms with E-state index in [1.807, 2.05) is 6.92 Å². The van der Waals surface area contributed by atoms with Crippen LogP contribution in [-0.4, -0.2) is 11.1 Å². The molecule has 0 radical (unpaired) electrons. The molecular formula is C12H20O2. The minimum Gasteiger partial charge on any atom is -0.481 e. The van der Waals surface area contributed by atoms with Crippen molar-refractivity contribution in [1.29, 1.82) is 0 Å². The second kappa shape index (κ2) is 4.16. The molecule has 1 aliphatic carbocycles. The van der Waals surface area contributed by atoms with Crippen LogP contribution in [0, 0.1) is 11.3 Å². The first-order valence-corrected chi connectivity index (χ1v) is 5.34. The Bertz CT molecular complexity index is 245. The second-order valence-electron chi connectivity index (χ2n) is 4.89. The van der Waals surface area contributed by atoms with E-state index in [-0.39, 0.29) is 0 Å². The van der Waals surface area contributed by atoms with Gasteiger partial charge in [-0.05, 0) is 44.9 Å². The predicted molar refractivity (Wildman–Crippen MR) is 57.1 cm³/mol. The molecule has 0 aromatic heterocycles. The smallest absolute Gasteiger partial charge is 0.309 e. The molecule has 0 saturated heterocycles. The van der Waals surface area contributed by atoms with E-state index in [2.05, 4.69) is 13.5 Å². The van der Waals surface area contributed by atoms with Gasteiger partial charge in [-0.3, -0.25) is 4.79 Å². The molecule has 0 aliphatic heterocycles. The lowest BCUT2D eigenvalue weighted by atomic mass is 9.80. The second-order valence-corrected chi connectivity index (χ2v) is 4.89. The van der Waals surface area contributed by atoms with Crippen LogP contribution in [0.4, 0.5) is 0 Å². The van der Waals surface area contributed by atoms with Crippen molar-refractivity contribution in [3.8, 4) is 0 Å². The third kappa shape index (κ3) is 2.37. The molecule has 2 heteroatoms. The lowest BCUT2D eigenvalue weighted by Crippen LogP contribution is -2.28. The van der Waals surface area contributed by atoms with Gasteiger partial charge in [0, 0.05) is 0 Å². The Morgan fingerprint density at radius 1 is 1.64 bits per heavy atom. The summed E-state index contributed by atoms with van der Waals surface area (Å²) in [7, 11) is 0. The summed E-state index contributed by atoms with van der Waals surface area (Å²) in [5.41, 5.74) is 0.642. The van der Waals surface area contributed by atoms with Gasteiger partial charge in [0.25, 0.3) is 0 Å². The van der Waals surface area contributed by atoms with E-state index in [9.17, 15) is 9.90 Å². The molecule has 1 rings (SSSR count). The van der Waals surface area contributed by atoms with Crippen LogP contribution in [0.25, 0.3) is 0 Å². The lowest BCUT2D eigenvalue weighted by Gasteiger charge is -2.24. The van der Waals surface area contributed by atoms with Crippen molar-refractivity contribution in [2.75, 3.05) is 0 Å². The Hall–Kier alpha value is -0.790. The number of hydrogen-bond donors (Lipinski definition) is 1. The van der Waals surface area contributed by atoms with Crippen molar-refractivity contribution in [2.45, 2.75) is 46.0 Å². The molecule has 1 N–H and O–H groups in total. The molecule has 1 aliphatic rings. The fraction of sp³-hybridized carbons (Fsp3) is 0.750.